The lowest BCUT2D eigenvalue weighted by Crippen LogP contribution is -2.43. The molecule has 4 heteroatoms. The van der Waals surface area contributed by atoms with Gasteiger partial charge in [0.2, 0.25) is 5.91 Å². The molecule has 0 unspecified atom stereocenters. The Morgan fingerprint density at radius 3 is 2.26 bits per heavy atom. The number of piperidine rings is 1. The lowest BCUT2D eigenvalue weighted by atomic mass is 9.97. The number of hydrogen-bond donors (Lipinski definition) is 1. The van der Waals surface area contributed by atoms with Crippen LogP contribution in [0.25, 0.3) is 0 Å². The van der Waals surface area contributed by atoms with Crippen molar-refractivity contribution in [1.82, 2.24) is 4.90 Å². The zero-order valence-corrected chi connectivity index (χ0v) is 12.0. The Labute approximate surface area is 116 Å². The third-order valence-electron chi connectivity index (χ3n) is 4.43. The topological polar surface area (TPSA) is 55.6 Å². The van der Waals surface area contributed by atoms with Crippen molar-refractivity contribution in [3.63, 3.8) is 0 Å². The number of carbonyl (C=O) groups is 1. The predicted octanol–water partition coefficient (Wildman–Crippen LogP) is 1.92. The Hall–Kier alpha value is -0.610. The van der Waals surface area contributed by atoms with Gasteiger partial charge >= 0.3 is 0 Å². The van der Waals surface area contributed by atoms with Gasteiger partial charge in [0.25, 0.3) is 0 Å². The van der Waals surface area contributed by atoms with Gasteiger partial charge in [0, 0.05) is 25.6 Å². The summed E-state index contributed by atoms with van der Waals surface area (Å²) >= 11 is 0. The summed E-state index contributed by atoms with van der Waals surface area (Å²) in [5, 5.41) is 0. The molecular weight excluding hydrogens is 240 g/mol. The van der Waals surface area contributed by atoms with Gasteiger partial charge in [-0.25, -0.2) is 0 Å². The second-order valence-corrected chi connectivity index (χ2v) is 5.87. The Kier molecular flexibility index (Phi) is 6.11. The molecule has 2 fully saturated rings. The number of carbonyl (C=O) groups excluding carboxylic acids is 1. The van der Waals surface area contributed by atoms with Crippen LogP contribution in [0.5, 0.6) is 0 Å². The second-order valence-electron chi connectivity index (χ2n) is 5.87. The first-order valence-electron chi connectivity index (χ1n) is 7.91. The van der Waals surface area contributed by atoms with E-state index in [2.05, 4.69) is 4.90 Å². The molecule has 2 rings (SSSR count). The van der Waals surface area contributed by atoms with E-state index in [-0.39, 0.29) is 0 Å². The first kappa shape index (κ1) is 14.8. The molecule has 1 aliphatic heterocycles. The van der Waals surface area contributed by atoms with Crippen LogP contribution in [0.15, 0.2) is 0 Å². The molecule has 0 aromatic heterocycles. The van der Waals surface area contributed by atoms with Crippen LogP contribution in [0.2, 0.25) is 0 Å². The van der Waals surface area contributed by atoms with Gasteiger partial charge in [-0.15, -0.1) is 0 Å². The van der Waals surface area contributed by atoms with Gasteiger partial charge in [0.1, 0.15) is 0 Å². The largest absolute Gasteiger partial charge is 0.377 e. The minimum atomic E-state index is 0.295. The molecule has 110 valence electrons. The van der Waals surface area contributed by atoms with Gasteiger partial charge in [-0.2, -0.15) is 0 Å². The van der Waals surface area contributed by atoms with E-state index in [0.29, 0.717) is 31.1 Å². The number of hydrogen-bond acceptors (Lipinski definition) is 3. The zero-order valence-electron chi connectivity index (χ0n) is 12.0. The minimum absolute atomic E-state index is 0.295. The quantitative estimate of drug-likeness (QED) is 0.793. The molecule has 1 aliphatic carbocycles. The van der Waals surface area contributed by atoms with Crippen molar-refractivity contribution in [1.29, 1.82) is 0 Å². The van der Waals surface area contributed by atoms with Gasteiger partial charge in [-0.05, 0) is 25.7 Å². The molecular formula is C15H28N2O2. The third kappa shape index (κ3) is 4.46. The smallest absolute Gasteiger partial charge is 0.225 e. The Bertz CT molecular complexity index is 267. The summed E-state index contributed by atoms with van der Waals surface area (Å²) in [4.78, 5) is 14.6. The molecule has 1 saturated carbocycles. The molecule has 0 spiro atoms. The average Bonchev–Trinajstić information content (AvgIpc) is 2.74. The third-order valence-corrected chi connectivity index (χ3v) is 4.43. The van der Waals surface area contributed by atoms with Crippen LogP contribution in [0.3, 0.4) is 0 Å². The summed E-state index contributed by atoms with van der Waals surface area (Å²) in [5.74, 6) is 0.697. The van der Waals surface area contributed by atoms with Crippen LogP contribution in [0.4, 0.5) is 0 Å². The van der Waals surface area contributed by atoms with Crippen LogP contribution in [-0.2, 0) is 9.53 Å². The molecule has 1 amide bonds. The fraction of sp³-hybridized carbons (Fsp3) is 0.933. The number of nitrogens with two attached hydrogens (primary N) is 1. The first-order chi connectivity index (χ1) is 9.31. The fourth-order valence-electron chi connectivity index (χ4n) is 3.26. The molecule has 0 aromatic rings. The maximum Gasteiger partial charge on any atom is 0.225 e. The van der Waals surface area contributed by atoms with Crippen molar-refractivity contribution in [2.75, 3.05) is 26.2 Å². The lowest BCUT2D eigenvalue weighted by molar-refractivity contribution is -0.138. The molecule has 2 aliphatic rings. The zero-order chi connectivity index (χ0) is 13.5. The summed E-state index contributed by atoms with van der Waals surface area (Å²) < 4.78 is 5.66. The van der Waals surface area contributed by atoms with Crippen LogP contribution < -0.4 is 5.73 Å². The SMILES string of the molecule is NCCOC1CCN(C(=O)C2CCCCCC2)CC1. The van der Waals surface area contributed by atoms with Gasteiger partial charge in [0.05, 0.1) is 12.7 Å². The van der Waals surface area contributed by atoms with Crippen molar-refractivity contribution in [2.45, 2.75) is 57.5 Å². The Morgan fingerprint density at radius 2 is 1.68 bits per heavy atom. The summed E-state index contributed by atoms with van der Waals surface area (Å²) in [6, 6.07) is 0. The highest BCUT2D eigenvalue weighted by molar-refractivity contribution is 5.78. The molecule has 0 bridgehead atoms. The van der Waals surface area contributed by atoms with Gasteiger partial charge in [-0.3, -0.25) is 4.79 Å². The van der Waals surface area contributed by atoms with Crippen molar-refractivity contribution in [2.24, 2.45) is 11.7 Å². The molecule has 0 atom stereocenters. The molecule has 4 nitrogen and oxygen atoms in total. The standard InChI is InChI=1S/C15H28N2O2/c16-9-12-19-14-7-10-17(11-8-14)15(18)13-5-3-1-2-4-6-13/h13-14H,1-12,16H2. The normalized spacial score (nSPS) is 23.3. The molecule has 0 aromatic carbocycles. The van der Waals surface area contributed by atoms with E-state index in [4.69, 9.17) is 10.5 Å². The molecule has 1 heterocycles. The highest BCUT2D eigenvalue weighted by atomic mass is 16.5. The number of amides is 1. The van der Waals surface area contributed by atoms with E-state index in [1.165, 1.54) is 25.7 Å². The Morgan fingerprint density at radius 1 is 1.05 bits per heavy atom. The maximum absolute atomic E-state index is 12.5. The van der Waals surface area contributed by atoms with Crippen molar-refractivity contribution < 1.29 is 9.53 Å². The van der Waals surface area contributed by atoms with E-state index in [1.807, 2.05) is 0 Å². The van der Waals surface area contributed by atoms with E-state index in [1.54, 1.807) is 0 Å². The van der Waals surface area contributed by atoms with Gasteiger partial charge < -0.3 is 15.4 Å². The van der Waals surface area contributed by atoms with Crippen LogP contribution >= 0.6 is 0 Å². The van der Waals surface area contributed by atoms with E-state index in [0.717, 1.165) is 38.8 Å². The van der Waals surface area contributed by atoms with Crippen LogP contribution in [0.1, 0.15) is 51.4 Å². The van der Waals surface area contributed by atoms with Crippen molar-refractivity contribution in [3.8, 4) is 0 Å². The molecule has 0 radical (unpaired) electrons. The number of rotatable bonds is 4. The first-order valence-corrected chi connectivity index (χ1v) is 7.91. The van der Waals surface area contributed by atoms with Gasteiger partial charge in [0.15, 0.2) is 0 Å². The monoisotopic (exact) mass is 268 g/mol. The van der Waals surface area contributed by atoms with Crippen LogP contribution in [-0.4, -0.2) is 43.2 Å². The van der Waals surface area contributed by atoms with Crippen molar-refractivity contribution in [3.05, 3.63) is 0 Å². The summed E-state index contributed by atoms with van der Waals surface area (Å²) in [5.41, 5.74) is 5.44. The predicted molar refractivity (Wildman–Crippen MR) is 75.8 cm³/mol. The van der Waals surface area contributed by atoms with Crippen LogP contribution in [0, 0.1) is 5.92 Å². The van der Waals surface area contributed by atoms with E-state index >= 15 is 0 Å². The summed E-state index contributed by atoms with van der Waals surface area (Å²) in [6.45, 7) is 2.96. The highest BCUT2D eigenvalue weighted by Gasteiger charge is 2.28. The number of ether oxygens (including phenoxy) is 1. The Balaban J connectivity index is 1.75. The van der Waals surface area contributed by atoms with E-state index < -0.39 is 0 Å². The number of likely N-dealkylation sites (tertiary alicyclic amines) is 1. The highest BCUT2D eigenvalue weighted by Crippen LogP contribution is 2.26. The molecule has 2 N–H and O–H groups in total. The lowest BCUT2D eigenvalue weighted by Gasteiger charge is -2.34. The summed E-state index contributed by atoms with van der Waals surface area (Å²) in [6.07, 6.45) is 9.51. The number of nitrogens with zero attached hydrogens (tertiary/aromatic N) is 1. The maximum atomic E-state index is 12.5. The molecule has 1 saturated heterocycles. The van der Waals surface area contributed by atoms with Gasteiger partial charge in [-0.1, -0.05) is 25.7 Å². The minimum Gasteiger partial charge on any atom is -0.377 e. The second kappa shape index (κ2) is 7.85. The fourth-order valence-corrected chi connectivity index (χ4v) is 3.26. The van der Waals surface area contributed by atoms with Crippen molar-refractivity contribution >= 4 is 5.91 Å². The average molecular weight is 268 g/mol. The van der Waals surface area contributed by atoms with E-state index in [9.17, 15) is 4.79 Å². The molecule has 19 heavy (non-hydrogen) atoms. The summed E-state index contributed by atoms with van der Waals surface area (Å²) in [7, 11) is 0.